The highest BCUT2D eigenvalue weighted by atomic mass is 28.4. The van der Waals surface area contributed by atoms with E-state index in [1.807, 2.05) is 33.9 Å². The Balaban J connectivity index is 2.48. The third-order valence-electron chi connectivity index (χ3n) is 5.18. The van der Waals surface area contributed by atoms with Crippen LogP contribution in [0.5, 0.6) is 5.75 Å². The predicted octanol–water partition coefficient (Wildman–Crippen LogP) is 7.08. The molecule has 0 N–H and O–H groups in total. The average Bonchev–Trinajstić information content (AvgIpc) is 2.60. The lowest BCUT2D eigenvalue weighted by Gasteiger charge is -2.36. The van der Waals surface area contributed by atoms with Crippen LogP contribution in [-0.2, 0) is 23.8 Å². The molecule has 0 saturated carbocycles. The fraction of sp³-hybridized carbons (Fsp3) is 0.429. The highest BCUT2D eigenvalue weighted by Gasteiger charge is 2.40. The monoisotopic (exact) mass is 432 g/mol. The molecule has 2 rings (SSSR count). The normalized spacial score (nSPS) is 12.9. The molecule has 0 saturated heterocycles. The molecule has 0 bridgehead atoms. The molecule has 2 nitrogen and oxygen atoms in total. The van der Waals surface area contributed by atoms with Gasteiger partial charge in [-0.1, -0.05) is 51.1 Å². The summed E-state index contributed by atoms with van der Waals surface area (Å²) in [5.74, 6) is -3.71. The van der Waals surface area contributed by atoms with E-state index in [4.69, 9.17) is 9.16 Å². The van der Waals surface area contributed by atoms with Crippen LogP contribution in [0.25, 0.3) is 0 Å². The van der Waals surface area contributed by atoms with Crippen molar-refractivity contribution in [3.05, 3.63) is 64.7 Å². The largest absolute Gasteiger partial charge is 0.488 e. The van der Waals surface area contributed by atoms with Crippen molar-refractivity contribution in [2.45, 2.75) is 58.3 Å². The average molecular weight is 433 g/mol. The van der Waals surface area contributed by atoms with Gasteiger partial charge in [-0.25, -0.2) is 8.78 Å². The summed E-state index contributed by atoms with van der Waals surface area (Å²) < 4.78 is 80.4. The number of alkyl halides is 3. The Morgan fingerprint density at radius 2 is 1.52 bits per heavy atom. The van der Waals surface area contributed by atoms with E-state index in [-0.39, 0.29) is 17.7 Å². The van der Waals surface area contributed by atoms with Crippen LogP contribution >= 0.6 is 0 Å². The Morgan fingerprint density at radius 3 is 2.03 bits per heavy atom. The Hall–Kier alpha value is -1.93. The van der Waals surface area contributed by atoms with Crippen molar-refractivity contribution in [3.63, 3.8) is 0 Å². The van der Waals surface area contributed by atoms with Gasteiger partial charge in [0.05, 0.1) is 12.2 Å². The molecule has 160 valence electrons. The first-order valence-corrected chi connectivity index (χ1v) is 12.0. The van der Waals surface area contributed by atoms with Crippen molar-refractivity contribution >= 4 is 8.32 Å². The van der Waals surface area contributed by atoms with E-state index < -0.39 is 49.6 Å². The van der Waals surface area contributed by atoms with Crippen LogP contribution in [-0.4, -0.2) is 8.32 Å². The second-order valence-corrected chi connectivity index (χ2v) is 13.2. The summed E-state index contributed by atoms with van der Waals surface area (Å²) in [7, 11) is -2.43. The van der Waals surface area contributed by atoms with Gasteiger partial charge in [-0.15, -0.1) is 0 Å². The molecule has 0 atom stereocenters. The Bertz CT molecular complexity index is 843. The summed E-state index contributed by atoms with van der Waals surface area (Å²) >= 11 is 0. The molecular weight excluding hydrogens is 407 g/mol. The highest BCUT2D eigenvalue weighted by Crippen LogP contribution is 2.42. The van der Waals surface area contributed by atoms with E-state index >= 15 is 0 Å². The summed E-state index contributed by atoms with van der Waals surface area (Å²) in [6.07, 6.45) is -4.91. The van der Waals surface area contributed by atoms with Gasteiger partial charge in [0.15, 0.2) is 20.0 Å². The second-order valence-electron chi connectivity index (χ2n) is 8.35. The summed E-state index contributed by atoms with van der Waals surface area (Å²) in [5.41, 5.74) is -1.32. The minimum absolute atomic E-state index is 0.130. The van der Waals surface area contributed by atoms with Gasteiger partial charge < -0.3 is 9.16 Å². The molecule has 0 unspecified atom stereocenters. The van der Waals surface area contributed by atoms with Crippen LogP contribution in [0.2, 0.25) is 18.1 Å². The van der Waals surface area contributed by atoms with Gasteiger partial charge in [-0.05, 0) is 29.8 Å². The van der Waals surface area contributed by atoms with Crippen LogP contribution in [0.4, 0.5) is 22.0 Å². The molecule has 29 heavy (non-hydrogen) atoms. The van der Waals surface area contributed by atoms with Crippen molar-refractivity contribution in [2.75, 3.05) is 0 Å². The topological polar surface area (TPSA) is 18.5 Å². The number of ether oxygens (including phenoxy) is 1. The molecule has 2 aromatic carbocycles. The Labute approximate surface area is 168 Å². The molecular formula is C21H25F5O2Si. The van der Waals surface area contributed by atoms with Crippen LogP contribution < -0.4 is 4.74 Å². The van der Waals surface area contributed by atoms with Crippen LogP contribution in [0.1, 0.15) is 37.5 Å². The molecule has 0 amide bonds. The number of hydrogen-bond acceptors (Lipinski definition) is 2. The van der Waals surface area contributed by atoms with Crippen molar-refractivity contribution in [1.82, 2.24) is 0 Å². The Kier molecular flexibility index (Phi) is 6.79. The molecule has 0 fully saturated rings. The van der Waals surface area contributed by atoms with E-state index in [0.717, 1.165) is 0 Å². The summed E-state index contributed by atoms with van der Waals surface area (Å²) in [4.78, 5) is 0. The van der Waals surface area contributed by atoms with Crippen LogP contribution in [0.3, 0.4) is 0 Å². The zero-order valence-corrected chi connectivity index (χ0v) is 18.1. The number of benzene rings is 2. The number of halogens is 5. The number of rotatable bonds is 6. The molecule has 0 radical (unpaired) electrons. The van der Waals surface area contributed by atoms with Gasteiger partial charge >= 0.3 is 6.18 Å². The van der Waals surface area contributed by atoms with E-state index in [2.05, 4.69) is 0 Å². The minimum atomic E-state index is -4.91. The molecule has 0 heterocycles. The van der Waals surface area contributed by atoms with Crippen molar-refractivity contribution in [2.24, 2.45) is 0 Å². The van der Waals surface area contributed by atoms with Crippen molar-refractivity contribution in [3.8, 4) is 5.75 Å². The molecule has 0 spiro atoms. The smallest absolute Gasteiger partial charge is 0.420 e. The maximum Gasteiger partial charge on any atom is 0.420 e. The standard InChI is InChI=1S/C21H25F5O2Si/c1-20(2,3)29(4,5)28-13-15-18(23)17(22)11-16(21(24,25)26)19(15)27-12-14-9-7-6-8-10-14/h6-11H,12-13H2,1-5H3. The summed E-state index contributed by atoms with van der Waals surface area (Å²) in [6, 6.07) is 8.62. The first-order valence-electron chi connectivity index (χ1n) is 9.13. The van der Waals surface area contributed by atoms with Gasteiger partial charge in [-0.3, -0.25) is 0 Å². The summed E-state index contributed by atoms with van der Waals surface area (Å²) in [6.45, 7) is 8.84. The van der Waals surface area contributed by atoms with Crippen molar-refractivity contribution in [1.29, 1.82) is 0 Å². The Morgan fingerprint density at radius 1 is 0.931 bits per heavy atom. The van der Waals surface area contributed by atoms with Gasteiger partial charge in [0, 0.05) is 0 Å². The molecule has 0 aliphatic heterocycles. The molecule has 0 aliphatic rings. The molecule has 0 aliphatic carbocycles. The fourth-order valence-electron chi connectivity index (χ4n) is 2.37. The maximum atomic E-state index is 14.5. The van der Waals surface area contributed by atoms with Gasteiger partial charge in [0.1, 0.15) is 17.9 Å². The zero-order valence-electron chi connectivity index (χ0n) is 17.1. The van der Waals surface area contributed by atoms with Gasteiger partial charge in [-0.2, -0.15) is 13.2 Å². The molecule has 8 heteroatoms. The second kappa shape index (κ2) is 8.43. The minimum Gasteiger partial charge on any atom is -0.488 e. The highest BCUT2D eigenvalue weighted by molar-refractivity contribution is 6.74. The van der Waals surface area contributed by atoms with E-state index in [9.17, 15) is 22.0 Å². The van der Waals surface area contributed by atoms with E-state index in [1.54, 1.807) is 30.3 Å². The van der Waals surface area contributed by atoms with E-state index in [1.165, 1.54) is 0 Å². The summed E-state index contributed by atoms with van der Waals surface area (Å²) in [5, 5.41) is -0.255. The number of hydrogen-bond donors (Lipinski definition) is 0. The molecule has 0 aromatic heterocycles. The maximum absolute atomic E-state index is 14.5. The third kappa shape index (κ3) is 5.57. The van der Waals surface area contributed by atoms with Gasteiger partial charge in [0.25, 0.3) is 0 Å². The lowest BCUT2D eigenvalue weighted by atomic mass is 10.1. The first-order chi connectivity index (χ1) is 13.2. The van der Waals surface area contributed by atoms with Crippen LogP contribution in [0.15, 0.2) is 36.4 Å². The predicted molar refractivity (Wildman–Crippen MR) is 104 cm³/mol. The third-order valence-corrected chi connectivity index (χ3v) is 9.66. The van der Waals surface area contributed by atoms with Crippen molar-refractivity contribution < 1.29 is 31.1 Å². The zero-order chi connectivity index (χ0) is 22.0. The van der Waals surface area contributed by atoms with E-state index in [0.29, 0.717) is 5.56 Å². The fourth-order valence-corrected chi connectivity index (χ4v) is 3.30. The lowest BCUT2D eigenvalue weighted by Crippen LogP contribution is -2.40. The first kappa shape index (κ1) is 23.3. The van der Waals surface area contributed by atoms with Crippen LogP contribution in [0, 0.1) is 11.6 Å². The lowest BCUT2D eigenvalue weighted by molar-refractivity contribution is -0.139. The van der Waals surface area contributed by atoms with Gasteiger partial charge in [0.2, 0.25) is 0 Å². The molecule has 2 aromatic rings. The quantitative estimate of drug-likeness (QED) is 0.359. The SMILES string of the molecule is CC(C)(C)[Si](C)(C)OCc1c(F)c(F)cc(C(F)(F)F)c1OCc1ccccc1.